The van der Waals surface area contributed by atoms with E-state index in [0.29, 0.717) is 12.6 Å². The van der Waals surface area contributed by atoms with Crippen LogP contribution in [0.3, 0.4) is 0 Å². The number of carbonyl (C=O) groups is 2. The maximum absolute atomic E-state index is 12.5. The van der Waals surface area contributed by atoms with Crippen LogP contribution in [0.15, 0.2) is 0 Å². The number of piperidine rings is 1. The van der Waals surface area contributed by atoms with Crippen LogP contribution in [0.1, 0.15) is 60.8 Å². The first-order valence-electron chi connectivity index (χ1n) is 9.11. The highest BCUT2D eigenvalue weighted by molar-refractivity contribution is 5.85. The summed E-state index contributed by atoms with van der Waals surface area (Å²) in [4.78, 5) is 26.8. The molecule has 0 spiro atoms. The third-order valence-corrected chi connectivity index (χ3v) is 4.21. The number of likely N-dealkylation sites (tertiary alicyclic amines) is 1. The summed E-state index contributed by atoms with van der Waals surface area (Å²) in [5, 5.41) is 5.67. The number of ether oxygens (including phenoxy) is 1. The topological polar surface area (TPSA) is 70.7 Å². The SMILES string of the molecule is CC(C)C(NC(=O)OC(C)(C)C)C(=O)NCC(C)N1CCCCC1. The van der Waals surface area contributed by atoms with Gasteiger partial charge in [-0.3, -0.25) is 9.69 Å². The van der Waals surface area contributed by atoms with Gasteiger partial charge in [0.2, 0.25) is 5.91 Å². The number of nitrogens with zero attached hydrogens (tertiary/aromatic N) is 1. The number of carbonyl (C=O) groups excluding carboxylic acids is 2. The molecular formula is C18H35N3O3. The Hall–Kier alpha value is -1.30. The fourth-order valence-electron chi connectivity index (χ4n) is 2.82. The van der Waals surface area contributed by atoms with E-state index in [-0.39, 0.29) is 11.8 Å². The smallest absolute Gasteiger partial charge is 0.408 e. The van der Waals surface area contributed by atoms with Crippen LogP contribution in [0.5, 0.6) is 0 Å². The molecule has 0 radical (unpaired) electrons. The van der Waals surface area contributed by atoms with Crippen molar-refractivity contribution in [1.82, 2.24) is 15.5 Å². The minimum atomic E-state index is -0.589. The van der Waals surface area contributed by atoms with Gasteiger partial charge in [-0.05, 0) is 59.5 Å². The molecule has 1 aliphatic rings. The Labute approximate surface area is 146 Å². The molecule has 0 bridgehead atoms. The van der Waals surface area contributed by atoms with Gasteiger partial charge in [-0.15, -0.1) is 0 Å². The first-order chi connectivity index (χ1) is 11.1. The molecule has 0 aromatic rings. The molecule has 1 saturated heterocycles. The normalized spacial score (nSPS) is 18.8. The average Bonchev–Trinajstić information content (AvgIpc) is 2.48. The van der Waals surface area contributed by atoms with Gasteiger partial charge in [-0.25, -0.2) is 4.79 Å². The van der Waals surface area contributed by atoms with E-state index in [1.165, 1.54) is 19.3 Å². The van der Waals surface area contributed by atoms with Gasteiger partial charge in [0, 0.05) is 12.6 Å². The number of rotatable bonds is 6. The van der Waals surface area contributed by atoms with Gasteiger partial charge >= 0.3 is 6.09 Å². The van der Waals surface area contributed by atoms with E-state index in [0.717, 1.165) is 13.1 Å². The van der Waals surface area contributed by atoms with Crippen LogP contribution in [0.2, 0.25) is 0 Å². The lowest BCUT2D eigenvalue weighted by atomic mass is 10.0. The molecule has 2 amide bonds. The molecule has 0 aromatic carbocycles. The van der Waals surface area contributed by atoms with Crippen LogP contribution in [-0.2, 0) is 9.53 Å². The standard InChI is InChI=1S/C18H35N3O3/c1-13(2)15(20-17(23)24-18(4,5)6)16(22)19-12-14(3)21-10-8-7-9-11-21/h13-15H,7-12H2,1-6H3,(H,19,22)(H,20,23). The molecule has 6 heteroatoms. The van der Waals surface area contributed by atoms with Crippen LogP contribution in [0.4, 0.5) is 4.79 Å². The zero-order valence-electron chi connectivity index (χ0n) is 16.1. The molecule has 24 heavy (non-hydrogen) atoms. The number of hydrogen-bond acceptors (Lipinski definition) is 4. The highest BCUT2D eigenvalue weighted by Crippen LogP contribution is 2.12. The van der Waals surface area contributed by atoms with Crippen LogP contribution >= 0.6 is 0 Å². The van der Waals surface area contributed by atoms with Gasteiger partial charge in [0.05, 0.1) is 0 Å². The molecule has 1 fully saturated rings. The van der Waals surface area contributed by atoms with E-state index in [4.69, 9.17) is 4.74 Å². The number of hydrogen-bond donors (Lipinski definition) is 2. The van der Waals surface area contributed by atoms with Crippen molar-refractivity contribution in [3.8, 4) is 0 Å². The van der Waals surface area contributed by atoms with E-state index >= 15 is 0 Å². The van der Waals surface area contributed by atoms with Crippen molar-refractivity contribution in [2.24, 2.45) is 5.92 Å². The number of amides is 2. The fraction of sp³-hybridized carbons (Fsp3) is 0.889. The largest absolute Gasteiger partial charge is 0.444 e. The van der Waals surface area contributed by atoms with Gasteiger partial charge in [0.1, 0.15) is 11.6 Å². The van der Waals surface area contributed by atoms with Gasteiger partial charge in [0.15, 0.2) is 0 Å². The lowest BCUT2D eigenvalue weighted by molar-refractivity contribution is -0.124. The van der Waals surface area contributed by atoms with Gasteiger partial charge in [-0.2, -0.15) is 0 Å². The Morgan fingerprint density at radius 1 is 1.08 bits per heavy atom. The Morgan fingerprint density at radius 3 is 2.17 bits per heavy atom. The fourth-order valence-corrected chi connectivity index (χ4v) is 2.82. The monoisotopic (exact) mass is 341 g/mol. The quantitative estimate of drug-likeness (QED) is 0.779. The van der Waals surface area contributed by atoms with Gasteiger partial charge < -0.3 is 15.4 Å². The van der Waals surface area contributed by atoms with Crippen LogP contribution in [-0.4, -0.2) is 54.2 Å². The second-order valence-electron chi connectivity index (χ2n) is 8.06. The van der Waals surface area contributed by atoms with Crippen LogP contribution in [0, 0.1) is 5.92 Å². The number of alkyl carbamates (subject to hydrolysis) is 1. The maximum Gasteiger partial charge on any atom is 0.408 e. The van der Waals surface area contributed by atoms with Crippen molar-refractivity contribution in [1.29, 1.82) is 0 Å². The Bertz CT molecular complexity index is 412. The van der Waals surface area contributed by atoms with Crippen molar-refractivity contribution < 1.29 is 14.3 Å². The van der Waals surface area contributed by atoms with Gasteiger partial charge in [-0.1, -0.05) is 20.3 Å². The van der Waals surface area contributed by atoms with Crippen LogP contribution in [0.25, 0.3) is 0 Å². The summed E-state index contributed by atoms with van der Waals surface area (Å²) in [6, 6.07) is -0.281. The lowest BCUT2D eigenvalue weighted by Crippen LogP contribution is -2.53. The molecule has 1 aliphatic heterocycles. The number of nitrogens with one attached hydrogen (secondary N) is 2. The molecule has 2 atom stereocenters. The molecule has 0 aromatic heterocycles. The summed E-state index contributed by atoms with van der Waals surface area (Å²) in [6.07, 6.45) is 3.20. The van der Waals surface area contributed by atoms with E-state index in [1.807, 2.05) is 13.8 Å². The Kier molecular flexibility index (Phi) is 8.00. The summed E-state index contributed by atoms with van der Waals surface area (Å²) >= 11 is 0. The van der Waals surface area contributed by atoms with Gasteiger partial charge in [0.25, 0.3) is 0 Å². The first-order valence-corrected chi connectivity index (χ1v) is 9.11. The second-order valence-corrected chi connectivity index (χ2v) is 8.06. The average molecular weight is 341 g/mol. The zero-order chi connectivity index (χ0) is 18.3. The van der Waals surface area contributed by atoms with Crippen molar-refractivity contribution in [2.75, 3.05) is 19.6 Å². The van der Waals surface area contributed by atoms with Crippen LogP contribution < -0.4 is 10.6 Å². The predicted molar refractivity (Wildman–Crippen MR) is 95.9 cm³/mol. The molecule has 1 rings (SSSR count). The first kappa shape index (κ1) is 20.7. The molecule has 1 heterocycles. The zero-order valence-corrected chi connectivity index (χ0v) is 16.1. The minimum Gasteiger partial charge on any atom is -0.444 e. The third kappa shape index (κ3) is 7.51. The summed E-state index contributed by atoms with van der Waals surface area (Å²) in [5.74, 6) is -0.164. The van der Waals surface area contributed by atoms with E-state index in [9.17, 15) is 9.59 Å². The second kappa shape index (κ2) is 9.25. The molecule has 140 valence electrons. The molecule has 2 N–H and O–H groups in total. The Morgan fingerprint density at radius 2 is 1.67 bits per heavy atom. The highest BCUT2D eigenvalue weighted by atomic mass is 16.6. The van der Waals surface area contributed by atoms with E-state index in [2.05, 4.69) is 22.5 Å². The molecule has 6 nitrogen and oxygen atoms in total. The summed E-state index contributed by atoms with van der Waals surface area (Å²) in [5.41, 5.74) is -0.579. The maximum atomic E-state index is 12.5. The van der Waals surface area contributed by atoms with E-state index in [1.54, 1.807) is 20.8 Å². The lowest BCUT2D eigenvalue weighted by Gasteiger charge is -2.33. The molecular weight excluding hydrogens is 306 g/mol. The molecule has 0 aliphatic carbocycles. The summed E-state index contributed by atoms with van der Waals surface area (Å²) in [7, 11) is 0. The summed E-state index contributed by atoms with van der Waals surface area (Å²) < 4.78 is 5.25. The molecule has 0 saturated carbocycles. The van der Waals surface area contributed by atoms with E-state index < -0.39 is 17.7 Å². The minimum absolute atomic E-state index is 0.0113. The summed E-state index contributed by atoms with van der Waals surface area (Å²) in [6.45, 7) is 14.2. The predicted octanol–water partition coefficient (Wildman–Crippen LogP) is 2.53. The molecule has 2 unspecified atom stereocenters. The van der Waals surface area contributed by atoms with Crippen molar-refractivity contribution in [2.45, 2.75) is 78.5 Å². The Balaban J connectivity index is 2.49. The third-order valence-electron chi connectivity index (χ3n) is 4.21. The van der Waals surface area contributed by atoms with Crippen molar-refractivity contribution in [3.63, 3.8) is 0 Å². The van der Waals surface area contributed by atoms with Crippen molar-refractivity contribution >= 4 is 12.0 Å². The highest BCUT2D eigenvalue weighted by Gasteiger charge is 2.27. The van der Waals surface area contributed by atoms with Crippen molar-refractivity contribution in [3.05, 3.63) is 0 Å².